The maximum absolute atomic E-state index is 12.3. The van der Waals surface area contributed by atoms with Gasteiger partial charge in [0.1, 0.15) is 0 Å². The topological polar surface area (TPSA) is 86.8 Å². The maximum Gasteiger partial charge on any atom is 0.261 e. The minimum Gasteiger partial charge on any atom is -0.351 e. The molecule has 0 spiro atoms. The first-order valence-electron chi connectivity index (χ1n) is 9.64. The van der Waals surface area contributed by atoms with Crippen molar-refractivity contribution in [1.82, 2.24) is 10.2 Å². The Morgan fingerprint density at radius 1 is 0.931 bits per heavy atom. The molecule has 0 bridgehead atoms. The van der Waals surface area contributed by atoms with Crippen LogP contribution in [0.4, 0.5) is 5.69 Å². The molecule has 7 heteroatoms. The summed E-state index contributed by atoms with van der Waals surface area (Å²) < 4.78 is 0. The van der Waals surface area contributed by atoms with Crippen LogP contribution in [0.5, 0.6) is 0 Å². The number of rotatable bonds is 6. The van der Waals surface area contributed by atoms with Crippen LogP contribution in [-0.4, -0.2) is 47.7 Å². The summed E-state index contributed by atoms with van der Waals surface area (Å²) in [4.78, 5) is 52.0. The fourth-order valence-corrected chi connectivity index (χ4v) is 3.80. The second-order valence-corrected chi connectivity index (χ2v) is 7.22. The van der Waals surface area contributed by atoms with Gasteiger partial charge in [-0.05, 0) is 30.7 Å². The Kier molecular flexibility index (Phi) is 5.12. The summed E-state index contributed by atoms with van der Waals surface area (Å²) in [5, 5.41) is 2.88. The van der Waals surface area contributed by atoms with E-state index < -0.39 is 0 Å². The van der Waals surface area contributed by atoms with E-state index in [1.807, 2.05) is 30.3 Å². The van der Waals surface area contributed by atoms with Gasteiger partial charge in [-0.15, -0.1) is 0 Å². The third-order valence-electron chi connectivity index (χ3n) is 5.22. The van der Waals surface area contributed by atoms with Gasteiger partial charge in [0.25, 0.3) is 11.8 Å². The van der Waals surface area contributed by atoms with Crippen LogP contribution in [0.1, 0.15) is 40.0 Å². The van der Waals surface area contributed by atoms with E-state index in [0.717, 1.165) is 5.69 Å². The Hall–Kier alpha value is -3.48. The number of nitrogens with zero attached hydrogens (tertiary/aromatic N) is 2. The number of carbonyl (C=O) groups is 4. The van der Waals surface area contributed by atoms with Crippen molar-refractivity contribution < 1.29 is 19.2 Å². The molecule has 2 aromatic rings. The zero-order valence-electron chi connectivity index (χ0n) is 15.8. The molecule has 0 aliphatic carbocycles. The predicted molar refractivity (Wildman–Crippen MR) is 106 cm³/mol. The molecule has 1 saturated heterocycles. The van der Waals surface area contributed by atoms with Gasteiger partial charge in [-0.1, -0.05) is 30.3 Å². The number of carbonyl (C=O) groups excluding carboxylic acids is 4. The molecule has 7 nitrogen and oxygen atoms in total. The van der Waals surface area contributed by atoms with Crippen molar-refractivity contribution in [1.29, 1.82) is 0 Å². The van der Waals surface area contributed by atoms with Crippen molar-refractivity contribution in [2.24, 2.45) is 0 Å². The molecule has 1 fully saturated rings. The summed E-state index contributed by atoms with van der Waals surface area (Å²) >= 11 is 0. The number of amides is 4. The predicted octanol–water partition coefficient (Wildman–Crippen LogP) is 1.98. The van der Waals surface area contributed by atoms with Crippen LogP contribution in [0.2, 0.25) is 0 Å². The van der Waals surface area contributed by atoms with Crippen molar-refractivity contribution in [3.8, 4) is 0 Å². The number of anilines is 1. The SMILES string of the molecule is O=C(CCCN1C(=O)c2ccccc2C1=O)NC1CC(=O)N(c2ccccc2)C1. The second kappa shape index (κ2) is 7.87. The Morgan fingerprint density at radius 2 is 1.55 bits per heavy atom. The van der Waals surface area contributed by atoms with Gasteiger partial charge in [0.05, 0.1) is 17.2 Å². The Morgan fingerprint density at radius 3 is 2.21 bits per heavy atom. The monoisotopic (exact) mass is 391 g/mol. The van der Waals surface area contributed by atoms with Gasteiger partial charge < -0.3 is 10.2 Å². The van der Waals surface area contributed by atoms with Crippen LogP contribution < -0.4 is 10.2 Å². The van der Waals surface area contributed by atoms with E-state index in [9.17, 15) is 19.2 Å². The van der Waals surface area contributed by atoms with E-state index in [0.29, 0.717) is 24.1 Å². The third kappa shape index (κ3) is 3.76. The van der Waals surface area contributed by atoms with Crippen LogP contribution >= 0.6 is 0 Å². The molecule has 0 saturated carbocycles. The smallest absolute Gasteiger partial charge is 0.261 e. The zero-order valence-corrected chi connectivity index (χ0v) is 15.8. The molecule has 2 heterocycles. The molecule has 4 rings (SSSR count). The van der Waals surface area contributed by atoms with Crippen LogP contribution in [0.15, 0.2) is 54.6 Å². The van der Waals surface area contributed by atoms with Crippen molar-refractivity contribution in [2.45, 2.75) is 25.3 Å². The molecule has 1 N–H and O–H groups in total. The molecule has 0 aromatic heterocycles. The number of fused-ring (bicyclic) bond motifs is 1. The maximum atomic E-state index is 12.3. The zero-order chi connectivity index (χ0) is 20.4. The fourth-order valence-electron chi connectivity index (χ4n) is 3.80. The highest BCUT2D eigenvalue weighted by molar-refractivity contribution is 6.21. The molecular weight excluding hydrogens is 370 g/mol. The van der Waals surface area contributed by atoms with Gasteiger partial charge in [0.2, 0.25) is 11.8 Å². The number of para-hydroxylation sites is 1. The molecule has 29 heavy (non-hydrogen) atoms. The standard InChI is InChI=1S/C22H21N3O4/c26-19(23-15-13-20(27)25(14-15)16-7-2-1-3-8-16)11-6-12-24-21(28)17-9-4-5-10-18(17)22(24)29/h1-5,7-10,15H,6,11-14H2,(H,23,26). The molecule has 4 amide bonds. The first kappa shape index (κ1) is 18.9. The average molecular weight is 391 g/mol. The van der Waals surface area contributed by atoms with E-state index >= 15 is 0 Å². The van der Waals surface area contributed by atoms with Gasteiger partial charge in [0, 0.05) is 31.6 Å². The van der Waals surface area contributed by atoms with Gasteiger partial charge in [-0.25, -0.2) is 0 Å². The number of hydrogen-bond acceptors (Lipinski definition) is 4. The first-order valence-corrected chi connectivity index (χ1v) is 9.64. The average Bonchev–Trinajstić information content (AvgIpc) is 3.21. The van der Waals surface area contributed by atoms with Crippen LogP contribution in [0, 0.1) is 0 Å². The van der Waals surface area contributed by atoms with Gasteiger partial charge >= 0.3 is 0 Å². The summed E-state index contributed by atoms with van der Waals surface area (Å²) in [6.07, 6.45) is 0.822. The Bertz CT molecular complexity index is 938. The Balaban J connectivity index is 1.26. The lowest BCUT2D eigenvalue weighted by Crippen LogP contribution is -2.37. The highest BCUT2D eigenvalue weighted by Gasteiger charge is 2.35. The van der Waals surface area contributed by atoms with Crippen LogP contribution in [-0.2, 0) is 9.59 Å². The van der Waals surface area contributed by atoms with E-state index in [1.165, 1.54) is 4.90 Å². The summed E-state index contributed by atoms with van der Waals surface area (Å²) in [5.74, 6) is -0.835. The molecule has 1 unspecified atom stereocenters. The highest BCUT2D eigenvalue weighted by Crippen LogP contribution is 2.23. The Labute approximate surface area is 168 Å². The van der Waals surface area contributed by atoms with Gasteiger partial charge in [-0.2, -0.15) is 0 Å². The fraction of sp³-hybridized carbons (Fsp3) is 0.273. The number of nitrogens with one attached hydrogen (secondary N) is 1. The quantitative estimate of drug-likeness (QED) is 0.763. The minimum absolute atomic E-state index is 0.0208. The van der Waals surface area contributed by atoms with Crippen molar-refractivity contribution in [2.75, 3.05) is 18.0 Å². The molecule has 0 radical (unpaired) electrons. The summed E-state index contributed by atoms with van der Waals surface area (Å²) in [7, 11) is 0. The summed E-state index contributed by atoms with van der Waals surface area (Å²) in [6.45, 7) is 0.631. The lowest BCUT2D eigenvalue weighted by molar-refractivity contribution is -0.121. The molecular formula is C22H21N3O4. The number of benzene rings is 2. The van der Waals surface area contributed by atoms with Gasteiger partial charge in [0.15, 0.2) is 0 Å². The van der Waals surface area contributed by atoms with Crippen LogP contribution in [0.25, 0.3) is 0 Å². The van der Waals surface area contributed by atoms with E-state index in [4.69, 9.17) is 0 Å². The van der Waals surface area contributed by atoms with Crippen molar-refractivity contribution >= 4 is 29.3 Å². The normalized spacial score (nSPS) is 18.3. The highest BCUT2D eigenvalue weighted by atomic mass is 16.2. The molecule has 2 aromatic carbocycles. The lowest BCUT2D eigenvalue weighted by Gasteiger charge is -2.17. The molecule has 1 atom stereocenters. The molecule has 2 aliphatic rings. The second-order valence-electron chi connectivity index (χ2n) is 7.22. The molecule has 2 aliphatic heterocycles. The van der Waals surface area contributed by atoms with Gasteiger partial charge in [-0.3, -0.25) is 24.1 Å². The van der Waals surface area contributed by atoms with E-state index in [1.54, 1.807) is 29.2 Å². The number of hydrogen-bond donors (Lipinski definition) is 1. The number of imide groups is 1. The summed E-state index contributed by atoms with van der Waals surface area (Å²) in [5.41, 5.74) is 1.64. The van der Waals surface area contributed by atoms with Crippen molar-refractivity contribution in [3.63, 3.8) is 0 Å². The van der Waals surface area contributed by atoms with E-state index in [2.05, 4.69) is 5.32 Å². The largest absolute Gasteiger partial charge is 0.351 e. The van der Waals surface area contributed by atoms with Crippen molar-refractivity contribution in [3.05, 3.63) is 65.7 Å². The third-order valence-corrected chi connectivity index (χ3v) is 5.22. The summed E-state index contributed by atoms with van der Waals surface area (Å²) in [6, 6.07) is 15.8. The van der Waals surface area contributed by atoms with Crippen LogP contribution in [0.3, 0.4) is 0 Å². The molecule has 148 valence electrons. The lowest BCUT2D eigenvalue weighted by atomic mass is 10.1. The minimum atomic E-state index is -0.314. The first-order chi connectivity index (χ1) is 14.0. The van der Waals surface area contributed by atoms with E-state index in [-0.39, 0.29) is 49.1 Å².